The first-order valence-electron chi connectivity index (χ1n) is 8.27. The van der Waals surface area contributed by atoms with E-state index in [9.17, 15) is 9.90 Å². The number of aliphatic hydroxyl groups is 1. The number of likely N-dealkylation sites (N-methyl/N-ethyl adjacent to an activating group) is 1. The average molecular weight is 398 g/mol. The summed E-state index contributed by atoms with van der Waals surface area (Å²) in [5.74, 6) is 0.937. The molecule has 0 bridgehead atoms. The Morgan fingerprint density at radius 1 is 1.44 bits per heavy atom. The van der Waals surface area contributed by atoms with Gasteiger partial charge in [0.05, 0.1) is 24.0 Å². The van der Waals surface area contributed by atoms with Crippen LogP contribution in [0.4, 0.5) is 5.69 Å². The number of carbonyl (C=O) groups excluding carboxylic acids is 1. The van der Waals surface area contributed by atoms with E-state index in [4.69, 9.17) is 15.2 Å². The molecule has 148 valence electrons. The van der Waals surface area contributed by atoms with E-state index in [0.717, 1.165) is 0 Å². The molecule has 0 aliphatic carbocycles. The van der Waals surface area contributed by atoms with E-state index in [0.29, 0.717) is 29.4 Å². The largest absolute Gasteiger partial charge is 0.489 e. The van der Waals surface area contributed by atoms with Crippen molar-refractivity contribution in [2.75, 3.05) is 18.6 Å². The van der Waals surface area contributed by atoms with Gasteiger partial charge >= 0.3 is 0 Å². The van der Waals surface area contributed by atoms with E-state index in [1.807, 2.05) is 0 Å². The third kappa shape index (κ3) is 5.09. The Balaban J connectivity index is 0.00000261. The molecule has 1 atom stereocenters. The quantitative estimate of drug-likeness (QED) is 0.764. The van der Waals surface area contributed by atoms with Crippen LogP contribution in [0.3, 0.4) is 0 Å². The van der Waals surface area contributed by atoms with Crippen LogP contribution < -0.4 is 20.1 Å². The summed E-state index contributed by atoms with van der Waals surface area (Å²) >= 11 is 0. The monoisotopic (exact) mass is 397 g/mol. The third-order valence-electron chi connectivity index (χ3n) is 3.88. The highest BCUT2D eigenvalue weighted by atomic mass is 35.5. The molecule has 27 heavy (non-hydrogen) atoms. The maximum absolute atomic E-state index is 12.2. The lowest BCUT2D eigenvalue weighted by molar-refractivity contribution is -0.119. The van der Waals surface area contributed by atoms with Crippen molar-refractivity contribution in [2.45, 2.75) is 38.6 Å². The normalized spacial score (nSPS) is 16.9. The van der Waals surface area contributed by atoms with Gasteiger partial charge in [0.15, 0.2) is 0 Å². The van der Waals surface area contributed by atoms with Gasteiger partial charge in [-0.2, -0.15) is 0 Å². The van der Waals surface area contributed by atoms with Gasteiger partial charge in [0, 0.05) is 13.1 Å². The fourth-order valence-electron chi connectivity index (χ4n) is 2.63. The summed E-state index contributed by atoms with van der Waals surface area (Å²) in [5, 5.41) is 17.8. The third-order valence-corrected chi connectivity index (χ3v) is 3.88. The summed E-state index contributed by atoms with van der Waals surface area (Å²) < 4.78 is 12.9. The molecule has 2 heterocycles. The van der Waals surface area contributed by atoms with Gasteiger partial charge in [-0.05, 0) is 26.0 Å². The smallest absolute Gasteiger partial charge is 0.247 e. The lowest BCUT2D eigenvalue weighted by Crippen LogP contribution is -2.43. The van der Waals surface area contributed by atoms with Gasteiger partial charge in [-0.15, -0.1) is 17.5 Å². The van der Waals surface area contributed by atoms with Crippen molar-refractivity contribution in [1.29, 1.82) is 0 Å². The molecule has 1 aromatic heterocycles. The molecule has 9 nitrogen and oxygen atoms in total. The number of anilines is 1. The topological polar surface area (TPSA) is 116 Å². The summed E-state index contributed by atoms with van der Waals surface area (Å²) in [5.41, 5.74) is 6.14. The first-order chi connectivity index (χ1) is 12.2. The van der Waals surface area contributed by atoms with Gasteiger partial charge in [-0.1, -0.05) is 5.21 Å². The fraction of sp³-hybridized carbons (Fsp3) is 0.471. The molecule has 3 N–H and O–H groups in total. The molecule has 10 heteroatoms. The minimum Gasteiger partial charge on any atom is -0.489 e. The van der Waals surface area contributed by atoms with E-state index in [1.54, 1.807) is 50.0 Å². The SMILES string of the molecule is CN1C(=O)[C@@H](N)COc2ccc(OCc3cn(CC(C)(C)O)nn3)cc21.Cl. The van der Waals surface area contributed by atoms with Crippen LogP contribution in [0, 0.1) is 0 Å². The van der Waals surface area contributed by atoms with Crippen molar-refractivity contribution in [3.05, 3.63) is 30.1 Å². The van der Waals surface area contributed by atoms with Gasteiger partial charge in [0.1, 0.15) is 36.4 Å². The first kappa shape index (κ1) is 20.9. The Kier molecular flexibility index (Phi) is 6.30. The number of carbonyl (C=O) groups is 1. The molecule has 1 aliphatic rings. The molecule has 1 aliphatic heterocycles. The second-order valence-electron chi connectivity index (χ2n) is 6.95. The van der Waals surface area contributed by atoms with E-state index >= 15 is 0 Å². The van der Waals surface area contributed by atoms with Crippen LogP contribution in [0.2, 0.25) is 0 Å². The molecule has 0 saturated heterocycles. The standard InChI is InChI=1S/C17H23N5O4.ClH/c1-17(2,24)10-22-7-11(19-20-22)8-25-12-4-5-15-14(6-12)21(3)16(23)13(18)9-26-15;/h4-7,13,24H,8-10,18H2,1-3H3;1H/t13-;/m0./s1. The molecule has 2 aromatic rings. The fourth-order valence-corrected chi connectivity index (χ4v) is 2.63. The van der Waals surface area contributed by atoms with Crippen LogP contribution in [0.5, 0.6) is 11.5 Å². The Labute approximate surface area is 163 Å². The summed E-state index contributed by atoms with van der Waals surface area (Å²) in [6.07, 6.45) is 1.72. The van der Waals surface area contributed by atoms with Crippen molar-refractivity contribution in [2.24, 2.45) is 5.73 Å². The van der Waals surface area contributed by atoms with Crippen LogP contribution >= 0.6 is 12.4 Å². The highest BCUT2D eigenvalue weighted by Crippen LogP contribution is 2.34. The van der Waals surface area contributed by atoms with E-state index in [2.05, 4.69) is 10.3 Å². The Bertz CT molecular complexity index is 805. The zero-order valence-corrected chi connectivity index (χ0v) is 16.3. The highest BCUT2D eigenvalue weighted by molar-refractivity contribution is 5.98. The number of benzene rings is 1. The number of ether oxygens (including phenoxy) is 2. The van der Waals surface area contributed by atoms with E-state index in [1.165, 1.54) is 4.90 Å². The van der Waals surface area contributed by atoms with Gasteiger partial charge in [-0.25, -0.2) is 4.68 Å². The molecule has 0 radical (unpaired) electrons. The zero-order chi connectivity index (χ0) is 18.9. The minimum absolute atomic E-state index is 0. The van der Waals surface area contributed by atoms with Crippen molar-refractivity contribution in [3.8, 4) is 11.5 Å². The molecular formula is C17H24ClN5O4. The van der Waals surface area contributed by atoms with Crippen molar-refractivity contribution in [1.82, 2.24) is 15.0 Å². The molecule has 0 fully saturated rings. The molecule has 0 unspecified atom stereocenters. The van der Waals surface area contributed by atoms with Gasteiger partial charge in [0.25, 0.3) is 0 Å². The lowest BCUT2D eigenvalue weighted by atomic mass is 10.1. The number of hydrogen-bond acceptors (Lipinski definition) is 7. The van der Waals surface area contributed by atoms with Crippen LogP contribution in [0.1, 0.15) is 19.5 Å². The van der Waals surface area contributed by atoms with Crippen LogP contribution in [0.15, 0.2) is 24.4 Å². The van der Waals surface area contributed by atoms with Crippen molar-refractivity contribution in [3.63, 3.8) is 0 Å². The number of hydrogen-bond donors (Lipinski definition) is 2. The Morgan fingerprint density at radius 3 is 2.89 bits per heavy atom. The van der Waals surface area contributed by atoms with Gasteiger partial charge < -0.3 is 25.2 Å². The summed E-state index contributed by atoms with van der Waals surface area (Å²) in [6.45, 7) is 4.09. The first-order valence-corrected chi connectivity index (χ1v) is 8.27. The molecule has 1 aromatic carbocycles. The van der Waals surface area contributed by atoms with Crippen molar-refractivity contribution >= 4 is 24.0 Å². The second kappa shape index (κ2) is 8.12. The molecular weight excluding hydrogens is 374 g/mol. The lowest BCUT2D eigenvalue weighted by Gasteiger charge is -2.18. The minimum atomic E-state index is -0.874. The van der Waals surface area contributed by atoms with Gasteiger partial charge in [-0.3, -0.25) is 4.79 Å². The number of nitrogens with zero attached hydrogens (tertiary/aromatic N) is 4. The number of amides is 1. The van der Waals surface area contributed by atoms with Crippen molar-refractivity contribution < 1.29 is 19.4 Å². The zero-order valence-electron chi connectivity index (χ0n) is 15.5. The maximum Gasteiger partial charge on any atom is 0.247 e. The molecule has 3 rings (SSSR count). The summed E-state index contributed by atoms with van der Waals surface area (Å²) in [7, 11) is 1.65. The molecule has 1 amide bonds. The predicted octanol–water partition coefficient (Wildman–Crippen LogP) is 0.732. The molecule has 0 saturated carbocycles. The number of aromatic nitrogens is 3. The molecule has 0 spiro atoms. The highest BCUT2D eigenvalue weighted by Gasteiger charge is 2.26. The summed E-state index contributed by atoms with van der Waals surface area (Å²) in [4.78, 5) is 13.6. The maximum atomic E-state index is 12.2. The summed E-state index contributed by atoms with van der Waals surface area (Å²) in [6, 6.07) is 4.54. The van der Waals surface area contributed by atoms with Crippen LogP contribution in [-0.2, 0) is 17.9 Å². The predicted molar refractivity (Wildman–Crippen MR) is 101 cm³/mol. The Hall–Kier alpha value is -2.36. The van der Waals surface area contributed by atoms with Gasteiger partial charge in [0.2, 0.25) is 5.91 Å². The number of nitrogens with two attached hydrogens (primary N) is 1. The average Bonchev–Trinajstić information content (AvgIpc) is 2.98. The second-order valence-corrected chi connectivity index (χ2v) is 6.95. The Morgan fingerprint density at radius 2 is 2.19 bits per heavy atom. The van der Waals surface area contributed by atoms with Crippen LogP contribution in [-0.4, -0.2) is 51.3 Å². The number of rotatable bonds is 5. The van der Waals surface area contributed by atoms with E-state index in [-0.39, 0.29) is 31.5 Å². The number of fused-ring (bicyclic) bond motifs is 1. The van der Waals surface area contributed by atoms with E-state index < -0.39 is 11.6 Å². The van der Waals surface area contributed by atoms with Crippen LogP contribution in [0.25, 0.3) is 0 Å². The number of halogens is 1.